The summed E-state index contributed by atoms with van der Waals surface area (Å²) in [4.78, 5) is 7.60. The van der Waals surface area contributed by atoms with Crippen LogP contribution in [-0.4, -0.2) is 16.6 Å². The number of nitrogens with one attached hydrogen (secondary N) is 1. The van der Waals surface area contributed by atoms with Crippen LogP contribution in [0.5, 0.6) is 5.88 Å². The Morgan fingerprint density at radius 3 is 2.48 bits per heavy atom. The predicted molar refractivity (Wildman–Crippen MR) is 91.4 cm³/mol. The number of rotatable bonds is 8. The molecule has 25 heavy (non-hydrogen) atoms. The number of hydrogen-bond donors (Lipinski definition) is 1. The van der Waals surface area contributed by atoms with Crippen molar-refractivity contribution in [3.63, 3.8) is 0 Å². The van der Waals surface area contributed by atoms with E-state index < -0.39 is 17.6 Å². The van der Waals surface area contributed by atoms with Gasteiger partial charge in [0.05, 0.1) is 6.61 Å². The van der Waals surface area contributed by atoms with Crippen LogP contribution in [0.1, 0.15) is 38.2 Å². The van der Waals surface area contributed by atoms with Crippen LogP contribution in [-0.2, 0) is 6.18 Å². The quantitative estimate of drug-likeness (QED) is 0.589. The van der Waals surface area contributed by atoms with E-state index in [4.69, 9.17) is 16.3 Å². The molecule has 0 saturated carbocycles. The minimum Gasteiger partial charge on any atom is -0.477 e. The summed E-state index contributed by atoms with van der Waals surface area (Å²) < 4.78 is 44.5. The molecule has 1 aromatic heterocycles. The maximum atomic E-state index is 13.1. The fourth-order valence-electron chi connectivity index (χ4n) is 2.09. The first-order valence-electron chi connectivity index (χ1n) is 7.99. The van der Waals surface area contributed by atoms with Gasteiger partial charge in [-0.05, 0) is 30.7 Å². The molecule has 136 valence electrons. The van der Waals surface area contributed by atoms with Gasteiger partial charge in [-0.3, -0.25) is 0 Å². The first-order chi connectivity index (χ1) is 11.9. The number of alkyl halides is 3. The highest BCUT2D eigenvalue weighted by Crippen LogP contribution is 2.35. The lowest BCUT2D eigenvalue weighted by Crippen LogP contribution is -2.13. The molecule has 2 aromatic rings. The minimum atomic E-state index is -4.57. The minimum absolute atomic E-state index is 0.0267. The Morgan fingerprint density at radius 1 is 1.12 bits per heavy atom. The summed E-state index contributed by atoms with van der Waals surface area (Å²) in [6.07, 6.45) is -0.211. The van der Waals surface area contributed by atoms with Gasteiger partial charge in [0.2, 0.25) is 11.8 Å². The molecule has 1 aromatic carbocycles. The SMILES string of the molecule is CCCCCCOc1nc(Nc2ccc(Cl)cc2)ncc1C(F)(F)F. The maximum Gasteiger partial charge on any atom is 0.423 e. The van der Waals surface area contributed by atoms with Crippen molar-refractivity contribution < 1.29 is 17.9 Å². The molecule has 0 fully saturated rings. The molecule has 0 aliphatic rings. The number of aromatic nitrogens is 2. The van der Waals surface area contributed by atoms with Crippen LogP contribution in [0.3, 0.4) is 0 Å². The van der Waals surface area contributed by atoms with Crippen molar-refractivity contribution in [1.29, 1.82) is 0 Å². The number of benzene rings is 1. The van der Waals surface area contributed by atoms with E-state index in [1.165, 1.54) is 0 Å². The molecule has 0 bridgehead atoms. The molecule has 0 amide bonds. The second-order valence-electron chi connectivity index (χ2n) is 5.45. The lowest BCUT2D eigenvalue weighted by molar-refractivity contribution is -0.139. The molecule has 0 atom stereocenters. The van der Waals surface area contributed by atoms with Gasteiger partial charge < -0.3 is 10.1 Å². The van der Waals surface area contributed by atoms with Gasteiger partial charge in [0.15, 0.2) is 0 Å². The lowest BCUT2D eigenvalue weighted by Gasteiger charge is -2.14. The fraction of sp³-hybridized carbons (Fsp3) is 0.412. The molecule has 2 rings (SSSR count). The van der Waals surface area contributed by atoms with Crippen molar-refractivity contribution in [2.45, 2.75) is 38.8 Å². The summed E-state index contributed by atoms with van der Waals surface area (Å²) >= 11 is 5.80. The van der Waals surface area contributed by atoms with Crippen LogP contribution in [0.15, 0.2) is 30.5 Å². The van der Waals surface area contributed by atoms with Gasteiger partial charge in [0, 0.05) is 16.9 Å². The standard InChI is InChI=1S/C17H19ClF3N3O/c1-2-3-4-5-10-25-15-14(17(19,20)21)11-22-16(24-15)23-13-8-6-12(18)7-9-13/h6-9,11H,2-5,10H2,1H3,(H,22,23,24). The van der Waals surface area contributed by atoms with E-state index in [0.717, 1.165) is 25.5 Å². The summed E-state index contributed by atoms with van der Waals surface area (Å²) in [6.45, 7) is 2.24. The third kappa shape index (κ3) is 6.08. The summed E-state index contributed by atoms with van der Waals surface area (Å²) in [6, 6.07) is 6.65. The Labute approximate surface area is 149 Å². The van der Waals surface area contributed by atoms with Crippen LogP contribution in [0, 0.1) is 0 Å². The van der Waals surface area contributed by atoms with Crippen molar-refractivity contribution in [2.75, 3.05) is 11.9 Å². The highest BCUT2D eigenvalue weighted by Gasteiger charge is 2.36. The molecule has 0 aliphatic heterocycles. The Balaban J connectivity index is 2.13. The molecule has 0 radical (unpaired) electrons. The van der Waals surface area contributed by atoms with Gasteiger partial charge in [0.25, 0.3) is 0 Å². The van der Waals surface area contributed by atoms with Crippen LogP contribution in [0.25, 0.3) is 0 Å². The summed E-state index contributed by atoms with van der Waals surface area (Å²) in [7, 11) is 0. The Morgan fingerprint density at radius 2 is 1.84 bits per heavy atom. The van der Waals surface area contributed by atoms with Crippen molar-refractivity contribution in [1.82, 2.24) is 9.97 Å². The number of ether oxygens (including phenoxy) is 1. The third-order valence-corrected chi connectivity index (χ3v) is 3.65. The molecule has 0 aliphatic carbocycles. The van der Waals surface area contributed by atoms with Crippen LogP contribution >= 0.6 is 11.6 Å². The highest BCUT2D eigenvalue weighted by molar-refractivity contribution is 6.30. The normalized spacial score (nSPS) is 11.4. The monoisotopic (exact) mass is 373 g/mol. The van der Waals surface area contributed by atoms with E-state index in [1.54, 1.807) is 24.3 Å². The molecular formula is C17H19ClF3N3O. The highest BCUT2D eigenvalue weighted by atomic mass is 35.5. The average Bonchev–Trinajstić information content (AvgIpc) is 2.56. The van der Waals surface area contributed by atoms with E-state index in [2.05, 4.69) is 22.2 Å². The zero-order chi connectivity index (χ0) is 18.3. The molecule has 8 heteroatoms. The van der Waals surface area contributed by atoms with Gasteiger partial charge in [-0.1, -0.05) is 37.8 Å². The largest absolute Gasteiger partial charge is 0.477 e. The van der Waals surface area contributed by atoms with E-state index >= 15 is 0 Å². The van der Waals surface area contributed by atoms with E-state index in [-0.39, 0.29) is 12.6 Å². The van der Waals surface area contributed by atoms with Gasteiger partial charge in [-0.2, -0.15) is 18.2 Å². The number of anilines is 2. The molecular weight excluding hydrogens is 355 g/mol. The molecule has 1 heterocycles. The molecule has 0 saturated heterocycles. The third-order valence-electron chi connectivity index (χ3n) is 3.40. The average molecular weight is 374 g/mol. The van der Waals surface area contributed by atoms with Gasteiger partial charge >= 0.3 is 6.18 Å². The number of halogens is 4. The van der Waals surface area contributed by atoms with E-state index in [1.807, 2.05) is 0 Å². The van der Waals surface area contributed by atoms with E-state index in [9.17, 15) is 13.2 Å². The second-order valence-corrected chi connectivity index (χ2v) is 5.89. The first-order valence-corrected chi connectivity index (χ1v) is 8.37. The Kier molecular flexibility index (Phi) is 6.87. The smallest absolute Gasteiger partial charge is 0.423 e. The molecule has 0 spiro atoms. The van der Waals surface area contributed by atoms with Crippen molar-refractivity contribution in [3.05, 3.63) is 41.0 Å². The summed E-state index contributed by atoms with van der Waals surface area (Å²) in [5.74, 6) is -0.436. The van der Waals surface area contributed by atoms with Crippen LogP contribution < -0.4 is 10.1 Å². The van der Waals surface area contributed by atoms with Gasteiger partial charge in [-0.15, -0.1) is 0 Å². The zero-order valence-electron chi connectivity index (χ0n) is 13.7. The number of nitrogens with zero attached hydrogens (tertiary/aromatic N) is 2. The van der Waals surface area contributed by atoms with Crippen molar-refractivity contribution in [2.24, 2.45) is 0 Å². The van der Waals surface area contributed by atoms with Crippen LogP contribution in [0.2, 0.25) is 5.02 Å². The van der Waals surface area contributed by atoms with Crippen LogP contribution in [0.4, 0.5) is 24.8 Å². The maximum absolute atomic E-state index is 13.1. The van der Waals surface area contributed by atoms with Gasteiger partial charge in [0.1, 0.15) is 5.56 Å². The topological polar surface area (TPSA) is 47.0 Å². The lowest BCUT2D eigenvalue weighted by atomic mass is 10.2. The predicted octanol–water partition coefficient (Wildman–Crippen LogP) is 5.85. The number of unbranched alkanes of at least 4 members (excludes halogenated alkanes) is 3. The zero-order valence-corrected chi connectivity index (χ0v) is 14.5. The molecule has 0 unspecified atom stereocenters. The summed E-state index contributed by atoms with van der Waals surface area (Å²) in [5, 5.41) is 3.38. The fourth-order valence-corrected chi connectivity index (χ4v) is 2.22. The van der Waals surface area contributed by atoms with Crippen molar-refractivity contribution in [3.8, 4) is 5.88 Å². The van der Waals surface area contributed by atoms with Crippen molar-refractivity contribution >= 4 is 23.2 Å². The Hall–Kier alpha value is -2.02. The summed E-state index contributed by atoms with van der Waals surface area (Å²) in [5.41, 5.74) is -0.372. The molecule has 1 N–H and O–H groups in total. The van der Waals surface area contributed by atoms with E-state index in [0.29, 0.717) is 17.1 Å². The van der Waals surface area contributed by atoms with Gasteiger partial charge in [-0.25, -0.2) is 4.98 Å². The molecule has 4 nitrogen and oxygen atoms in total. The second kappa shape index (κ2) is 8.89. The number of hydrogen-bond acceptors (Lipinski definition) is 4. The Bertz CT molecular complexity index is 678. The first kappa shape index (κ1) is 19.3.